The van der Waals surface area contributed by atoms with Gasteiger partial charge in [-0.3, -0.25) is 4.79 Å². The van der Waals surface area contributed by atoms with Gasteiger partial charge in [0.15, 0.2) is 6.61 Å². The number of carbonyl (C=O) groups excluding carboxylic acids is 3. The van der Waals surface area contributed by atoms with Crippen LogP contribution in [0.15, 0.2) is 24.3 Å². The van der Waals surface area contributed by atoms with Crippen molar-refractivity contribution in [1.82, 2.24) is 15.5 Å². The summed E-state index contributed by atoms with van der Waals surface area (Å²) < 4.78 is 10.7. The van der Waals surface area contributed by atoms with Gasteiger partial charge >= 0.3 is 12.0 Å². The molecule has 1 aliphatic heterocycles. The zero-order chi connectivity index (χ0) is 20.7. The summed E-state index contributed by atoms with van der Waals surface area (Å²) in [6, 6.07) is 6.51. The highest BCUT2D eigenvalue weighted by atomic mass is 16.5. The minimum Gasteiger partial charge on any atom is -0.452 e. The number of ether oxygens (including phenoxy) is 2. The van der Waals surface area contributed by atoms with Crippen LogP contribution in [-0.2, 0) is 20.8 Å². The van der Waals surface area contributed by atoms with Crippen LogP contribution in [0.2, 0.25) is 0 Å². The Kier molecular flexibility index (Phi) is 7.80. The van der Waals surface area contributed by atoms with Crippen LogP contribution in [0.1, 0.15) is 43.6 Å². The minimum absolute atomic E-state index is 0.0350. The SMILES string of the molecule is CC(C)NC(=O)NCc1ccc(C(=O)OCC(=O)N2C[C@H](C)O[C@@H](C)C2)cc1. The summed E-state index contributed by atoms with van der Waals surface area (Å²) in [5.74, 6) is -0.785. The van der Waals surface area contributed by atoms with E-state index in [-0.39, 0.29) is 36.8 Å². The third kappa shape index (κ3) is 6.84. The van der Waals surface area contributed by atoms with E-state index >= 15 is 0 Å². The van der Waals surface area contributed by atoms with Crippen molar-refractivity contribution >= 4 is 17.9 Å². The van der Waals surface area contributed by atoms with Gasteiger partial charge in [-0.05, 0) is 45.4 Å². The van der Waals surface area contributed by atoms with Gasteiger partial charge in [-0.2, -0.15) is 0 Å². The Bertz CT molecular complexity index is 680. The number of amides is 3. The highest BCUT2D eigenvalue weighted by Crippen LogP contribution is 2.11. The molecule has 1 aliphatic rings. The Balaban J connectivity index is 1.79. The number of rotatable bonds is 6. The van der Waals surface area contributed by atoms with Crippen LogP contribution in [0.3, 0.4) is 0 Å². The summed E-state index contributed by atoms with van der Waals surface area (Å²) in [5, 5.41) is 5.47. The van der Waals surface area contributed by atoms with Crippen molar-refractivity contribution < 1.29 is 23.9 Å². The van der Waals surface area contributed by atoms with E-state index in [9.17, 15) is 14.4 Å². The Labute approximate surface area is 165 Å². The molecule has 8 heteroatoms. The fourth-order valence-electron chi connectivity index (χ4n) is 2.94. The van der Waals surface area contributed by atoms with Crippen molar-refractivity contribution in [3.05, 3.63) is 35.4 Å². The third-order valence-corrected chi connectivity index (χ3v) is 4.16. The molecular weight excluding hydrogens is 362 g/mol. The van der Waals surface area contributed by atoms with Crippen LogP contribution >= 0.6 is 0 Å². The lowest BCUT2D eigenvalue weighted by Gasteiger charge is -2.35. The van der Waals surface area contributed by atoms with E-state index in [1.807, 2.05) is 27.7 Å². The first kappa shape index (κ1) is 21.7. The van der Waals surface area contributed by atoms with E-state index in [0.29, 0.717) is 25.2 Å². The molecule has 8 nitrogen and oxygen atoms in total. The normalized spacial score (nSPS) is 19.2. The first-order valence-corrected chi connectivity index (χ1v) is 9.48. The summed E-state index contributed by atoms with van der Waals surface area (Å²) in [4.78, 5) is 37.7. The first-order valence-electron chi connectivity index (χ1n) is 9.48. The molecule has 0 aliphatic carbocycles. The fourth-order valence-corrected chi connectivity index (χ4v) is 2.94. The lowest BCUT2D eigenvalue weighted by Crippen LogP contribution is -2.49. The van der Waals surface area contributed by atoms with Crippen molar-refractivity contribution in [3.63, 3.8) is 0 Å². The van der Waals surface area contributed by atoms with Gasteiger partial charge in [0.2, 0.25) is 0 Å². The maximum absolute atomic E-state index is 12.3. The molecule has 0 spiro atoms. The molecule has 28 heavy (non-hydrogen) atoms. The van der Waals surface area contributed by atoms with Crippen LogP contribution in [0.4, 0.5) is 4.79 Å². The van der Waals surface area contributed by atoms with Crippen molar-refractivity contribution in [2.75, 3.05) is 19.7 Å². The van der Waals surface area contributed by atoms with Gasteiger partial charge < -0.3 is 25.0 Å². The molecular formula is C20H29N3O5. The summed E-state index contributed by atoms with van der Waals surface area (Å²) in [5.41, 5.74) is 1.20. The Morgan fingerprint density at radius 1 is 1.14 bits per heavy atom. The second-order valence-electron chi connectivity index (χ2n) is 7.31. The van der Waals surface area contributed by atoms with Crippen LogP contribution in [0, 0.1) is 0 Å². The molecule has 154 valence electrons. The Morgan fingerprint density at radius 2 is 1.75 bits per heavy atom. The first-order chi connectivity index (χ1) is 13.2. The molecule has 1 aromatic carbocycles. The van der Waals surface area contributed by atoms with Gasteiger partial charge in [-0.15, -0.1) is 0 Å². The van der Waals surface area contributed by atoms with E-state index in [2.05, 4.69) is 10.6 Å². The molecule has 3 amide bonds. The maximum Gasteiger partial charge on any atom is 0.338 e. The fraction of sp³-hybridized carbons (Fsp3) is 0.550. The predicted molar refractivity (Wildman–Crippen MR) is 104 cm³/mol. The second-order valence-corrected chi connectivity index (χ2v) is 7.31. The number of nitrogens with one attached hydrogen (secondary N) is 2. The zero-order valence-corrected chi connectivity index (χ0v) is 16.9. The number of benzene rings is 1. The number of morpholine rings is 1. The van der Waals surface area contributed by atoms with E-state index in [1.165, 1.54) is 0 Å². The van der Waals surface area contributed by atoms with Gasteiger partial charge in [0.05, 0.1) is 17.8 Å². The lowest BCUT2D eigenvalue weighted by molar-refractivity contribution is -0.146. The number of hydrogen-bond acceptors (Lipinski definition) is 5. The van der Waals surface area contributed by atoms with E-state index in [0.717, 1.165) is 5.56 Å². The second kappa shape index (κ2) is 10.1. The number of esters is 1. The summed E-state index contributed by atoms with van der Waals surface area (Å²) >= 11 is 0. The van der Waals surface area contributed by atoms with Crippen LogP contribution in [0.25, 0.3) is 0 Å². The molecule has 1 aromatic rings. The average molecular weight is 391 g/mol. The number of carbonyl (C=O) groups is 3. The minimum atomic E-state index is -0.556. The predicted octanol–water partition coefficient (Wildman–Crippen LogP) is 1.69. The number of urea groups is 1. The highest BCUT2D eigenvalue weighted by molar-refractivity contribution is 5.91. The van der Waals surface area contributed by atoms with E-state index in [4.69, 9.17) is 9.47 Å². The van der Waals surface area contributed by atoms with Crippen LogP contribution in [0.5, 0.6) is 0 Å². The summed E-state index contributed by atoms with van der Waals surface area (Å²) in [6.45, 7) is 8.61. The van der Waals surface area contributed by atoms with E-state index < -0.39 is 5.97 Å². The van der Waals surface area contributed by atoms with Crippen molar-refractivity contribution in [3.8, 4) is 0 Å². The zero-order valence-electron chi connectivity index (χ0n) is 16.9. The summed E-state index contributed by atoms with van der Waals surface area (Å²) in [6.07, 6.45) is -0.0700. The van der Waals surface area contributed by atoms with Crippen molar-refractivity contribution in [2.45, 2.75) is 52.5 Å². The molecule has 0 saturated carbocycles. The molecule has 1 fully saturated rings. The standard InChI is InChI=1S/C20H29N3O5/c1-13(2)22-20(26)21-9-16-5-7-17(8-6-16)19(25)27-12-18(24)23-10-14(3)28-15(4)11-23/h5-8,13-15H,9-12H2,1-4H3,(H2,21,22,26)/t14-,15-/m0/s1. The maximum atomic E-state index is 12.3. The molecule has 0 bridgehead atoms. The Hall–Kier alpha value is -2.61. The number of nitrogens with zero attached hydrogens (tertiary/aromatic N) is 1. The highest BCUT2D eigenvalue weighted by Gasteiger charge is 2.26. The van der Waals surface area contributed by atoms with Gasteiger partial charge in [-0.25, -0.2) is 9.59 Å². The van der Waals surface area contributed by atoms with Crippen molar-refractivity contribution in [2.24, 2.45) is 0 Å². The Morgan fingerprint density at radius 3 is 2.32 bits per heavy atom. The third-order valence-electron chi connectivity index (χ3n) is 4.16. The molecule has 1 heterocycles. The van der Waals surface area contributed by atoms with E-state index in [1.54, 1.807) is 29.2 Å². The van der Waals surface area contributed by atoms with Gasteiger partial charge in [0, 0.05) is 25.7 Å². The average Bonchev–Trinajstić information content (AvgIpc) is 2.63. The van der Waals surface area contributed by atoms with Crippen molar-refractivity contribution in [1.29, 1.82) is 0 Å². The van der Waals surface area contributed by atoms with Crippen LogP contribution < -0.4 is 10.6 Å². The molecule has 0 aromatic heterocycles. The largest absolute Gasteiger partial charge is 0.452 e. The van der Waals surface area contributed by atoms with Gasteiger partial charge in [-0.1, -0.05) is 12.1 Å². The van der Waals surface area contributed by atoms with Gasteiger partial charge in [0.1, 0.15) is 0 Å². The molecule has 0 radical (unpaired) electrons. The topological polar surface area (TPSA) is 97.0 Å². The molecule has 2 atom stereocenters. The number of hydrogen-bond donors (Lipinski definition) is 2. The van der Waals surface area contributed by atoms with Gasteiger partial charge in [0.25, 0.3) is 5.91 Å². The summed E-state index contributed by atoms with van der Waals surface area (Å²) in [7, 11) is 0. The molecule has 1 saturated heterocycles. The quantitative estimate of drug-likeness (QED) is 0.720. The lowest BCUT2D eigenvalue weighted by atomic mass is 10.1. The van der Waals surface area contributed by atoms with Crippen LogP contribution in [-0.4, -0.2) is 60.8 Å². The smallest absolute Gasteiger partial charge is 0.338 e. The monoisotopic (exact) mass is 391 g/mol. The molecule has 2 N–H and O–H groups in total. The molecule has 2 rings (SSSR count). The molecule has 0 unspecified atom stereocenters.